The number of furan rings is 1. The number of Topliss-reactive ketones (excluding diaryl/α,β-unsaturated/α-hetero) is 1. The molecule has 1 amide bonds. The maximum atomic E-state index is 13.1. The van der Waals surface area contributed by atoms with Gasteiger partial charge in [-0.05, 0) is 55.3 Å². The molecule has 3 aromatic rings. The van der Waals surface area contributed by atoms with Gasteiger partial charge in [0.25, 0.3) is 11.7 Å². The Hall–Kier alpha value is -4.00. The van der Waals surface area contributed by atoms with Gasteiger partial charge in [-0.15, -0.1) is 0 Å². The maximum Gasteiger partial charge on any atom is 0.296 e. The number of aliphatic hydroxyl groups excluding tert-OH is 1. The van der Waals surface area contributed by atoms with Crippen LogP contribution in [0.15, 0.2) is 64.8 Å². The molecule has 0 aliphatic carbocycles. The van der Waals surface area contributed by atoms with Crippen LogP contribution in [0.5, 0.6) is 11.5 Å². The molecule has 4 rings (SSSR count). The molecule has 2 aromatic carbocycles. The molecule has 1 aliphatic rings. The van der Waals surface area contributed by atoms with Gasteiger partial charge in [0.05, 0.1) is 31.5 Å². The molecule has 1 fully saturated rings. The minimum atomic E-state index is -0.894. The number of carbonyl (C=O) groups excluding carboxylic acids is 2. The van der Waals surface area contributed by atoms with Crippen LogP contribution in [0.2, 0.25) is 0 Å². The molecule has 1 atom stereocenters. The van der Waals surface area contributed by atoms with Crippen molar-refractivity contribution in [3.63, 3.8) is 0 Å². The molecule has 164 valence electrons. The van der Waals surface area contributed by atoms with Crippen molar-refractivity contribution in [2.45, 2.75) is 26.4 Å². The number of phenolic OH excluding ortho intramolecular Hbond substituents is 1. The molecule has 7 nitrogen and oxygen atoms in total. The number of aryl methyl sites for hydroxylation is 2. The number of benzene rings is 2. The SMILES string of the molecule is COc1cc(C2/C(=C(\O)c3cc(C)ccc3C)C(=O)C(=O)N2Cc2ccco2)ccc1O. The lowest BCUT2D eigenvalue weighted by atomic mass is 9.93. The average molecular weight is 433 g/mol. The molecule has 0 spiro atoms. The van der Waals surface area contributed by atoms with Crippen LogP contribution in [0.1, 0.15) is 34.1 Å². The molecular formula is C25H23NO6. The van der Waals surface area contributed by atoms with Crippen molar-refractivity contribution in [2.24, 2.45) is 0 Å². The van der Waals surface area contributed by atoms with Crippen molar-refractivity contribution in [1.29, 1.82) is 0 Å². The molecule has 0 saturated carbocycles. The highest BCUT2D eigenvalue weighted by atomic mass is 16.5. The second kappa shape index (κ2) is 8.26. The fourth-order valence-electron chi connectivity index (χ4n) is 3.96. The summed E-state index contributed by atoms with van der Waals surface area (Å²) >= 11 is 0. The first-order valence-electron chi connectivity index (χ1n) is 10.1. The summed E-state index contributed by atoms with van der Waals surface area (Å²) in [5.74, 6) is -1.17. The number of likely N-dealkylation sites (tertiary alicyclic amines) is 1. The van der Waals surface area contributed by atoms with E-state index >= 15 is 0 Å². The molecule has 0 bridgehead atoms. The highest BCUT2D eigenvalue weighted by Gasteiger charge is 2.46. The summed E-state index contributed by atoms with van der Waals surface area (Å²) in [7, 11) is 1.41. The van der Waals surface area contributed by atoms with E-state index in [9.17, 15) is 19.8 Å². The summed E-state index contributed by atoms with van der Waals surface area (Å²) in [6.07, 6.45) is 1.49. The zero-order chi connectivity index (χ0) is 23.0. The van der Waals surface area contributed by atoms with Gasteiger partial charge in [-0.1, -0.05) is 23.8 Å². The molecule has 1 unspecified atom stereocenters. The number of methoxy groups -OCH3 is 1. The lowest BCUT2D eigenvalue weighted by Gasteiger charge is -2.25. The van der Waals surface area contributed by atoms with Crippen molar-refractivity contribution in [2.75, 3.05) is 7.11 Å². The molecule has 2 heterocycles. The summed E-state index contributed by atoms with van der Waals surface area (Å²) in [6, 6.07) is 12.6. The Balaban J connectivity index is 1.93. The van der Waals surface area contributed by atoms with E-state index in [4.69, 9.17) is 9.15 Å². The number of carbonyl (C=O) groups is 2. The van der Waals surface area contributed by atoms with E-state index in [1.165, 1.54) is 24.3 Å². The second-order valence-corrected chi connectivity index (χ2v) is 7.76. The third-order valence-electron chi connectivity index (χ3n) is 5.61. The first-order chi connectivity index (χ1) is 15.3. The van der Waals surface area contributed by atoms with Crippen LogP contribution < -0.4 is 4.74 Å². The smallest absolute Gasteiger partial charge is 0.296 e. The highest BCUT2D eigenvalue weighted by Crippen LogP contribution is 2.42. The molecule has 1 aliphatic heterocycles. The predicted octanol–water partition coefficient (Wildman–Crippen LogP) is 4.23. The first-order valence-corrected chi connectivity index (χ1v) is 10.1. The largest absolute Gasteiger partial charge is 0.507 e. The Morgan fingerprint density at radius 3 is 2.59 bits per heavy atom. The number of ketones is 1. The summed E-state index contributed by atoms with van der Waals surface area (Å²) in [5.41, 5.74) is 2.65. The van der Waals surface area contributed by atoms with E-state index in [0.717, 1.165) is 11.1 Å². The number of nitrogens with zero attached hydrogens (tertiary/aromatic N) is 1. The van der Waals surface area contributed by atoms with Gasteiger partial charge in [0.15, 0.2) is 11.5 Å². The number of hydrogen-bond acceptors (Lipinski definition) is 6. The van der Waals surface area contributed by atoms with E-state index in [2.05, 4.69) is 0 Å². The van der Waals surface area contributed by atoms with Crippen LogP contribution in [-0.2, 0) is 16.1 Å². The van der Waals surface area contributed by atoms with Crippen molar-refractivity contribution in [1.82, 2.24) is 4.90 Å². The quantitative estimate of drug-likeness (QED) is 0.355. The number of ether oxygens (including phenoxy) is 1. The van der Waals surface area contributed by atoms with E-state index < -0.39 is 17.7 Å². The molecule has 32 heavy (non-hydrogen) atoms. The number of phenols is 1. The minimum Gasteiger partial charge on any atom is -0.507 e. The minimum absolute atomic E-state index is 0.0250. The lowest BCUT2D eigenvalue weighted by molar-refractivity contribution is -0.140. The molecule has 1 aromatic heterocycles. The van der Waals surface area contributed by atoms with Crippen molar-refractivity contribution in [3.8, 4) is 11.5 Å². The number of rotatable bonds is 5. The molecule has 2 N–H and O–H groups in total. The van der Waals surface area contributed by atoms with Gasteiger partial charge < -0.3 is 24.3 Å². The van der Waals surface area contributed by atoms with Gasteiger partial charge in [0.2, 0.25) is 0 Å². The molecular weight excluding hydrogens is 410 g/mol. The van der Waals surface area contributed by atoms with Gasteiger partial charge in [-0.3, -0.25) is 9.59 Å². The molecule has 1 saturated heterocycles. The van der Waals surface area contributed by atoms with Crippen molar-refractivity contribution >= 4 is 17.4 Å². The molecule has 0 radical (unpaired) electrons. The van der Waals surface area contributed by atoms with E-state index in [-0.39, 0.29) is 29.4 Å². The van der Waals surface area contributed by atoms with Crippen LogP contribution in [-0.4, -0.2) is 33.9 Å². The standard InChI is InChI=1S/C25H23NO6/c1-14-6-7-15(2)18(11-14)23(28)21-22(16-8-9-19(27)20(12-16)31-3)26(25(30)24(21)29)13-17-5-4-10-32-17/h4-12,22,27-28H,13H2,1-3H3/b23-21+. The lowest BCUT2D eigenvalue weighted by Crippen LogP contribution is -2.29. The predicted molar refractivity (Wildman–Crippen MR) is 117 cm³/mol. The Kier molecular flexibility index (Phi) is 5.48. The normalized spacial score (nSPS) is 17.7. The van der Waals surface area contributed by atoms with E-state index in [1.54, 1.807) is 30.3 Å². The van der Waals surface area contributed by atoms with Crippen LogP contribution in [0.3, 0.4) is 0 Å². The summed E-state index contributed by atoms with van der Waals surface area (Å²) < 4.78 is 10.6. The third kappa shape index (κ3) is 3.62. The Morgan fingerprint density at radius 2 is 1.91 bits per heavy atom. The maximum absolute atomic E-state index is 13.1. The van der Waals surface area contributed by atoms with Gasteiger partial charge in [-0.25, -0.2) is 0 Å². The fraction of sp³-hybridized carbons (Fsp3) is 0.200. The van der Waals surface area contributed by atoms with Gasteiger partial charge in [0.1, 0.15) is 11.5 Å². The van der Waals surface area contributed by atoms with Gasteiger partial charge in [-0.2, -0.15) is 0 Å². The Morgan fingerprint density at radius 1 is 1.12 bits per heavy atom. The summed E-state index contributed by atoms with van der Waals surface area (Å²) in [4.78, 5) is 27.5. The van der Waals surface area contributed by atoms with E-state index in [0.29, 0.717) is 16.9 Å². The monoisotopic (exact) mass is 433 g/mol. The number of amides is 1. The Bertz CT molecular complexity index is 1230. The Labute approximate surface area is 185 Å². The van der Waals surface area contributed by atoms with Gasteiger partial charge in [0, 0.05) is 5.56 Å². The summed E-state index contributed by atoms with van der Waals surface area (Å²) in [5, 5.41) is 21.3. The number of hydrogen-bond donors (Lipinski definition) is 2. The third-order valence-corrected chi connectivity index (χ3v) is 5.61. The van der Waals surface area contributed by atoms with E-state index in [1.807, 2.05) is 26.0 Å². The first kappa shape index (κ1) is 21.2. The van der Waals surface area contributed by atoms with Crippen LogP contribution in [0.4, 0.5) is 0 Å². The highest BCUT2D eigenvalue weighted by molar-refractivity contribution is 6.46. The fourth-order valence-corrected chi connectivity index (χ4v) is 3.96. The summed E-state index contributed by atoms with van der Waals surface area (Å²) in [6.45, 7) is 3.75. The average Bonchev–Trinajstić information content (AvgIpc) is 3.38. The van der Waals surface area contributed by atoms with Crippen molar-refractivity contribution < 1.29 is 29.0 Å². The number of aliphatic hydroxyl groups is 1. The van der Waals surface area contributed by atoms with Crippen LogP contribution >= 0.6 is 0 Å². The van der Waals surface area contributed by atoms with Crippen molar-refractivity contribution in [3.05, 3.63) is 88.4 Å². The van der Waals surface area contributed by atoms with Crippen LogP contribution in [0, 0.1) is 13.8 Å². The zero-order valence-corrected chi connectivity index (χ0v) is 18.0. The van der Waals surface area contributed by atoms with Gasteiger partial charge >= 0.3 is 0 Å². The van der Waals surface area contributed by atoms with Crippen LogP contribution in [0.25, 0.3) is 5.76 Å². The zero-order valence-electron chi connectivity index (χ0n) is 18.0. The topological polar surface area (TPSA) is 100 Å². The molecule has 7 heteroatoms. The second-order valence-electron chi connectivity index (χ2n) is 7.76. The number of aromatic hydroxyl groups is 1.